The van der Waals surface area contributed by atoms with E-state index in [4.69, 9.17) is 4.42 Å². The highest BCUT2D eigenvalue weighted by atomic mass is 127. The van der Waals surface area contributed by atoms with Crippen molar-refractivity contribution in [1.29, 1.82) is 0 Å². The SMILES string of the molecule is CCC(C)NC(=O)c1ccc(CNC(=NC)NCc2coc(-c3ccccc3)n2)cc1.I. The van der Waals surface area contributed by atoms with Gasteiger partial charge in [0.2, 0.25) is 5.89 Å². The number of benzene rings is 2. The van der Waals surface area contributed by atoms with Crippen molar-refractivity contribution in [3.63, 3.8) is 0 Å². The predicted molar refractivity (Wildman–Crippen MR) is 138 cm³/mol. The Bertz CT molecular complexity index is 1000. The quantitative estimate of drug-likeness (QED) is 0.222. The summed E-state index contributed by atoms with van der Waals surface area (Å²) in [6.07, 6.45) is 2.55. The van der Waals surface area contributed by atoms with Gasteiger partial charge in [0.15, 0.2) is 5.96 Å². The van der Waals surface area contributed by atoms with Gasteiger partial charge in [0.25, 0.3) is 5.91 Å². The molecule has 2 aromatic carbocycles. The minimum Gasteiger partial charge on any atom is -0.444 e. The maximum absolute atomic E-state index is 12.2. The van der Waals surface area contributed by atoms with E-state index >= 15 is 0 Å². The number of nitrogens with zero attached hydrogens (tertiary/aromatic N) is 2. The monoisotopic (exact) mass is 547 g/mol. The van der Waals surface area contributed by atoms with Gasteiger partial charge in [-0.1, -0.05) is 37.3 Å². The molecule has 1 heterocycles. The third-order valence-corrected chi connectivity index (χ3v) is 4.90. The number of hydrogen-bond acceptors (Lipinski definition) is 4. The van der Waals surface area contributed by atoms with Gasteiger partial charge >= 0.3 is 0 Å². The first kappa shape index (κ1) is 25.4. The number of rotatable bonds is 8. The van der Waals surface area contributed by atoms with Gasteiger partial charge in [0, 0.05) is 30.8 Å². The van der Waals surface area contributed by atoms with E-state index in [1.54, 1.807) is 13.3 Å². The largest absolute Gasteiger partial charge is 0.444 e. The van der Waals surface area contributed by atoms with Crippen molar-refractivity contribution in [2.75, 3.05) is 7.05 Å². The lowest BCUT2D eigenvalue weighted by atomic mass is 10.1. The molecule has 0 fully saturated rings. The molecule has 0 spiro atoms. The molecule has 1 atom stereocenters. The molecule has 3 aromatic rings. The fourth-order valence-electron chi connectivity index (χ4n) is 2.87. The van der Waals surface area contributed by atoms with Crippen LogP contribution in [0.5, 0.6) is 0 Å². The van der Waals surface area contributed by atoms with Crippen molar-refractivity contribution < 1.29 is 9.21 Å². The number of carbonyl (C=O) groups is 1. The summed E-state index contributed by atoms with van der Waals surface area (Å²) < 4.78 is 5.56. The highest BCUT2D eigenvalue weighted by Crippen LogP contribution is 2.17. The second kappa shape index (κ2) is 12.8. The molecule has 0 saturated heterocycles. The van der Waals surface area contributed by atoms with Gasteiger partial charge in [0.1, 0.15) is 6.26 Å². The average Bonchev–Trinajstić information content (AvgIpc) is 3.29. The first-order valence-electron chi connectivity index (χ1n) is 10.4. The molecule has 8 heteroatoms. The summed E-state index contributed by atoms with van der Waals surface area (Å²) in [6, 6.07) is 17.5. The van der Waals surface area contributed by atoms with Gasteiger partial charge < -0.3 is 20.4 Å². The van der Waals surface area contributed by atoms with Gasteiger partial charge in [0.05, 0.1) is 12.2 Å². The Labute approximate surface area is 206 Å². The Balaban J connectivity index is 0.00000363. The molecule has 0 aliphatic heterocycles. The first-order valence-corrected chi connectivity index (χ1v) is 10.4. The van der Waals surface area contributed by atoms with Gasteiger partial charge in [-0.25, -0.2) is 4.98 Å². The average molecular weight is 547 g/mol. The van der Waals surface area contributed by atoms with Crippen LogP contribution in [0.15, 0.2) is 70.3 Å². The number of oxazole rings is 1. The van der Waals surface area contributed by atoms with E-state index in [1.807, 2.05) is 68.4 Å². The number of guanidine groups is 1. The molecule has 0 bridgehead atoms. The summed E-state index contributed by atoms with van der Waals surface area (Å²) >= 11 is 0. The predicted octanol–water partition coefficient (Wildman–Crippen LogP) is 4.35. The fraction of sp³-hybridized carbons (Fsp3) is 0.292. The number of aliphatic imine (C=N–C) groups is 1. The molecule has 32 heavy (non-hydrogen) atoms. The van der Waals surface area contributed by atoms with Crippen molar-refractivity contribution in [3.8, 4) is 11.5 Å². The zero-order valence-corrected chi connectivity index (χ0v) is 20.9. The van der Waals surface area contributed by atoms with Gasteiger partial charge in [-0.3, -0.25) is 9.79 Å². The number of hydrogen-bond donors (Lipinski definition) is 3. The van der Waals surface area contributed by atoms with Crippen LogP contribution in [-0.4, -0.2) is 29.9 Å². The van der Waals surface area contributed by atoms with Crippen LogP contribution in [0.25, 0.3) is 11.5 Å². The number of halogens is 1. The molecule has 3 rings (SSSR count). The van der Waals surface area contributed by atoms with Crippen LogP contribution in [0.1, 0.15) is 41.9 Å². The van der Waals surface area contributed by atoms with Gasteiger partial charge in [-0.2, -0.15) is 0 Å². The fourth-order valence-corrected chi connectivity index (χ4v) is 2.87. The molecular weight excluding hydrogens is 517 g/mol. The number of aromatic nitrogens is 1. The second-order valence-electron chi connectivity index (χ2n) is 7.27. The van der Waals surface area contributed by atoms with E-state index in [0.29, 0.717) is 30.5 Å². The topological polar surface area (TPSA) is 91.5 Å². The third-order valence-electron chi connectivity index (χ3n) is 4.90. The van der Waals surface area contributed by atoms with E-state index in [0.717, 1.165) is 23.2 Å². The zero-order valence-electron chi connectivity index (χ0n) is 18.6. The highest BCUT2D eigenvalue weighted by molar-refractivity contribution is 14.0. The van der Waals surface area contributed by atoms with Crippen LogP contribution in [0.4, 0.5) is 0 Å². The Morgan fingerprint density at radius 1 is 1.06 bits per heavy atom. The van der Waals surface area contributed by atoms with E-state index in [1.165, 1.54) is 0 Å². The smallest absolute Gasteiger partial charge is 0.251 e. The molecule has 170 valence electrons. The number of amides is 1. The maximum Gasteiger partial charge on any atom is 0.251 e. The minimum absolute atomic E-state index is 0. The first-order chi connectivity index (χ1) is 15.1. The minimum atomic E-state index is -0.0474. The van der Waals surface area contributed by atoms with Crippen molar-refractivity contribution in [2.45, 2.75) is 39.4 Å². The Morgan fingerprint density at radius 3 is 2.41 bits per heavy atom. The van der Waals surface area contributed by atoms with E-state index in [-0.39, 0.29) is 35.9 Å². The molecular formula is C24H30IN5O2. The van der Waals surface area contributed by atoms with Crippen molar-refractivity contribution in [1.82, 2.24) is 20.9 Å². The Morgan fingerprint density at radius 2 is 1.75 bits per heavy atom. The van der Waals surface area contributed by atoms with Crippen LogP contribution >= 0.6 is 24.0 Å². The molecule has 0 aliphatic rings. The second-order valence-corrected chi connectivity index (χ2v) is 7.27. The molecule has 1 unspecified atom stereocenters. The number of carbonyl (C=O) groups excluding carboxylic acids is 1. The molecule has 1 amide bonds. The molecule has 0 saturated carbocycles. The summed E-state index contributed by atoms with van der Waals surface area (Å²) in [4.78, 5) is 20.9. The Kier molecular flexibility index (Phi) is 10.2. The van der Waals surface area contributed by atoms with Crippen molar-refractivity contribution in [3.05, 3.63) is 77.7 Å². The zero-order chi connectivity index (χ0) is 22.1. The highest BCUT2D eigenvalue weighted by Gasteiger charge is 2.09. The van der Waals surface area contributed by atoms with Gasteiger partial charge in [-0.05, 0) is 43.2 Å². The molecule has 3 N–H and O–H groups in total. The van der Waals surface area contributed by atoms with Gasteiger partial charge in [-0.15, -0.1) is 24.0 Å². The summed E-state index contributed by atoms with van der Waals surface area (Å²) in [6.45, 7) is 5.12. The van der Waals surface area contributed by atoms with E-state index in [9.17, 15) is 4.79 Å². The normalized spacial score (nSPS) is 11.9. The summed E-state index contributed by atoms with van der Waals surface area (Å²) in [5, 5.41) is 9.47. The molecule has 0 aliphatic carbocycles. The van der Waals surface area contributed by atoms with E-state index in [2.05, 4.69) is 25.9 Å². The van der Waals surface area contributed by atoms with E-state index < -0.39 is 0 Å². The standard InChI is InChI=1S/C24H29N5O2.HI/c1-4-17(2)28-22(30)19-12-10-18(11-13-19)14-26-24(25-3)27-15-21-16-31-23(29-21)20-8-6-5-7-9-20;/h5-13,16-17H,4,14-15H2,1-3H3,(H,28,30)(H2,25,26,27);1H. The van der Waals surface area contributed by atoms with Crippen LogP contribution < -0.4 is 16.0 Å². The van der Waals surface area contributed by atoms with Crippen LogP contribution in [0, 0.1) is 0 Å². The Hall–Kier alpha value is -2.88. The van der Waals surface area contributed by atoms with Crippen molar-refractivity contribution >= 4 is 35.8 Å². The van der Waals surface area contributed by atoms with Crippen LogP contribution in [0.2, 0.25) is 0 Å². The van der Waals surface area contributed by atoms with Crippen LogP contribution in [-0.2, 0) is 13.1 Å². The van der Waals surface area contributed by atoms with Crippen molar-refractivity contribution in [2.24, 2.45) is 4.99 Å². The summed E-state index contributed by atoms with van der Waals surface area (Å²) in [7, 11) is 1.72. The lowest BCUT2D eigenvalue weighted by Crippen LogP contribution is -2.36. The lowest BCUT2D eigenvalue weighted by molar-refractivity contribution is 0.0939. The molecule has 0 radical (unpaired) electrons. The summed E-state index contributed by atoms with van der Waals surface area (Å²) in [5.74, 6) is 1.20. The lowest BCUT2D eigenvalue weighted by Gasteiger charge is -2.13. The maximum atomic E-state index is 12.2. The molecule has 1 aromatic heterocycles. The molecule has 7 nitrogen and oxygen atoms in total. The van der Waals surface area contributed by atoms with Crippen LogP contribution in [0.3, 0.4) is 0 Å². The summed E-state index contributed by atoms with van der Waals surface area (Å²) in [5.41, 5.74) is 3.44. The number of nitrogens with one attached hydrogen (secondary N) is 3. The third kappa shape index (κ3) is 7.37.